The summed E-state index contributed by atoms with van der Waals surface area (Å²) in [5.41, 5.74) is 0.976. The Morgan fingerprint density at radius 2 is 2.25 bits per heavy atom. The van der Waals surface area contributed by atoms with Crippen LogP contribution in [0.5, 0.6) is 0 Å². The fraction of sp³-hybridized carbons (Fsp3) is 0.467. The average Bonchev–Trinajstić information content (AvgIpc) is 2.46. The van der Waals surface area contributed by atoms with E-state index < -0.39 is 0 Å². The number of esters is 1. The van der Waals surface area contributed by atoms with Crippen LogP contribution in [0.4, 0.5) is 0 Å². The van der Waals surface area contributed by atoms with Gasteiger partial charge < -0.3 is 9.64 Å². The Bertz CT molecular complexity index is 504. The molecule has 1 aliphatic heterocycles. The quantitative estimate of drug-likeness (QED) is 0.794. The van der Waals surface area contributed by atoms with Crippen molar-refractivity contribution in [2.24, 2.45) is 5.92 Å². The summed E-state index contributed by atoms with van der Waals surface area (Å²) in [6.07, 6.45) is 2.02. The SMILES string of the molecule is COC(=O)C1CCCN(C(=O)Cc2cccc(Br)c2)C1. The molecule has 1 unspecified atom stereocenters. The first-order chi connectivity index (χ1) is 9.60. The molecule has 1 fully saturated rings. The smallest absolute Gasteiger partial charge is 0.310 e. The minimum Gasteiger partial charge on any atom is -0.469 e. The molecule has 1 atom stereocenters. The zero-order valence-electron chi connectivity index (χ0n) is 11.5. The molecular formula is C15H18BrNO3. The molecule has 0 N–H and O–H groups in total. The van der Waals surface area contributed by atoms with Crippen molar-refractivity contribution in [1.29, 1.82) is 0 Å². The molecule has 0 spiro atoms. The van der Waals surface area contributed by atoms with E-state index in [1.54, 1.807) is 4.90 Å². The number of hydrogen-bond acceptors (Lipinski definition) is 3. The van der Waals surface area contributed by atoms with Gasteiger partial charge >= 0.3 is 5.97 Å². The fourth-order valence-corrected chi connectivity index (χ4v) is 2.94. The third-order valence-corrected chi connectivity index (χ3v) is 4.05. The lowest BCUT2D eigenvalue weighted by atomic mass is 9.97. The zero-order chi connectivity index (χ0) is 14.5. The number of carbonyl (C=O) groups excluding carboxylic acids is 2. The fourth-order valence-electron chi connectivity index (χ4n) is 2.50. The van der Waals surface area contributed by atoms with Gasteiger partial charge in [0, 0.05) is 17.6 Å². The minimum absolute atomic E-state index is 0.0664. The van der Waals surface area contributed by atoms with Gasteiger partial charge in [0.2, 0.25) is 5.91 Å². The van der Waals surface area contributed by atoms with E-state index in [9.17, 15) is 9.59 Å². The van der Waals surface area contributed by atoms with E-state index >= 15 is 0 Å². The lowest BCUT2D eigenvalue weighted by Crippen LogP contribution is -2.43. The first-order valence-electron chi connectivity index (χ1n) is 6.70. The van der Waals surface area contributed by atoms with Gasteiger partial charge in [0.15, 0.2) is 0 Å². The van der Waals surface area contributed by atoms with E-state index in [1.165, 1.54) is 7.11 Å². The first kappa shape index (κ1) is 15.0. The summed E-state index contributed by atoms with van der Waals surface area (Å²) >= 11 is 3.40. The summed E-state index contributed by atoms with van der Waals surface area (Å²) in [7, 11) is 1.39. The molecule has 2 rings (SSSR count). The topological polar surface area (TPSA) is 46.6 Å². The van der Waals surface area contributed by atoms with E-state index in [4.69, 9.17) is 4.74 Å². The van der Waals surface area contributed by atoms with E-state index in [0.29, 0.717) is 13.0 Å². The molecular weight excluding hydrogens is 322 g/mol. The number of piperidine rings is 1. The molecule has 4 nitrogen and oxygen atoms in total. The van der Waals surface area contributed by atoms with Crippen LogP contribution >= 0.6 is 15.9 Å². The second-order valence-electron chi connectivity index (χ2n) is 5.01. The molecule has 1 aliphatic rings. The van der Waals surface area contributed by atoms with Crippen molar-refractivity contribution in [2.75, 3.05) is 20.2 Å². The largest absolute Gasteiger partial charge is 0.469 e. The second-order valence-corrected chi connectivity index (χ2v) is 5.92. The maximum absolute atomic E-state index is 12.3. The number of likely N-dealkylation sites (tertiary alicyclic amines) is 1. The Kier molecular flexibility index (Phi) is 5.17. The van der Waals surface area contributed by atoms with Crippen molar-refractivity contribution in [1.82, 2.24) is 4.90 Å². The minimum atomic E-state index is -0.218. The molecule has 5 heteroatoms. The lowest BCUT2D eigenvalue weighted by molar-refractivity contribution is -0.148. The molecule has 1 amide bonds. The van der Waals surface area contributed by atoms with Gasteiger partial charge in [-0.05, 0) is 30.5 Å². The number of hydrogen-bond donors (Lipinski definition) is 0. The van der Waals surface area contributed by atoms with Crippen LogP contribution in [-0.2, 0) is 20.7 Å². The number of methoxy groups -OCH3 is 1. The number of ether oxygens (including phenoxy) is 1. The van der Waals surface area contributed by atoms with Crippen molar-refractivity contribution >= 4 is 27.8 Å². The summed E-state index contributed by atoms with van der Waals surface area (Å²) in [6, 6.07) is 7.73. The summed E-state index contributed by atoms with van der Waals surface area (Å²) in [5.74, 6) is -0.332. The number of benzene rings is 1. The monoisotopic (exact) mass is 339 g/mol. The van der Waals surface area contributed by atoms with Crippen LogP contribution in [0.15, 0.2) is 28.7 Å². The van der Waals surface area contributed by atoms with Gasteiger partial charge in [-0.1, -0.05) is 28.1 Å². The van der Waals surface area contributed by atoms with Crippen molar-refractivity contribution in [3.05, 3.63) is 34.3 Å². The molecule has 20 heavy (non-hydrogen) atoms. The Morgan fingerprint density at radius 1 is 1.45 bits per heavy atom. The first-order valence-corrected chi connectivity index (χ1v) is 7.49. The third-order valence-electron chi connectivity index (χ3n) is 3.55. The molecule has 0 bridgehead atoms. The average molecular weight is 340 g/mol. The Morgan fingerprint density at radius 3 is 2.95 bits per heavy atom. The highest BCUT2D eigenvalue weighted by Crippen LogP contribution is 2.19. The molecule has 0 aliphatic carbocycles. The van der Waals surface area contributed by atoms with Gasteiger partial charge in [-0.15, -0.1) is 0 Å². The third kappa shape index (κ3) is 3.82. The standard InChI is InChI=1S/C15H18BrNO3/c1-20-15(19)12-5-3-7-17(10-12)14(18)9-11-4-2-6-13(16)8-11/h2,4,6,8,12H,3,5,7,9-10H2,1H3. The van der Waals surface area contributed by atoms with Crippen LogP contribution in [0.3, 0.4) is 0 Å². The molecule has 0 radical (unpaired) electrons. The molecule has 1 aromatic rings. The van der Waals surface area contributed by atoms with Crippen LogP contribution in [0.2, 0.25) is 0 Å². The maximum atomic E-state index is 12.3. The van der Waals surface area contributed by atoms with Crippen LogP contribution in [0.25, 0.3) is 0 Å². The molecule has 1 saturated heterocycles. The van der Waals surface area contributed by atoms with Crippen LogP contribution in [0, 0.1) is 5.92 Å². The maximum Gasteiger partial charge on any atom is 0.310 e. The Hall–Kier alpha value is -1.36. The van der Waals surface area contributed by atoms with Gasteiger partial charge in [-0.25, -0.2) is 0 Å². The van der Waals surface area contributed by atoms with Crippen LogP contribution < -0.4 is 0 Å². The van der Waals surface area contributed by atoms with Crippen LogP contribution in [0.1, 0.15) is 18.4 Å². The summed E-state index contributed by atoms with van der Waals surface area (Å²) in [5, 5.41) is 0. The van der Waals surface area contributed by atoms with Crippen molar-refractivity contribution < 1.29 is 14.3 Å². The van der Waals surface area contributed by atoms with Crippen molar-refractivity contribution in [3.8, 4) is 0 Å². The van der Waals surface area contributed by atoms with Crippen molar-refractivity contribution in [3.63, 3.8) is 0 Å². The van der Waals surface area contributed by atoms with E-state index in [0.717, 1.165) is 29.4 Å². The summed E-state index contributed by atoms with van der Waals surface area (Å²) in [4.78, 5) is 25.6. The molecule has 0 saturated carbocycles. The summed E-state index contributed by atoms with van der Waals surface area (Å²) in [6.45, 7) is 1.19. The van der Waals surface area contributed by atoms with Gasteiger partial charge in [0.05, 0.1) is 19.4 Å². The predicted octanol–water partition coefficient (Wildman–Crippen LogP) is 2.40. The van der Waals surface area contributed by atoms with E-state index in [2.05, 4.69) is 15.9 Å². The highest BCUT2D eigenvalue weighted by Gasteiger charge is 2.28. The molecule has 1 aromatic carbocycles. The lowest BCUT2D eigenvalue weighted by Gasteiger charge is -2.31. The highest BCUT2D eigenvalue weighted by atomic mass is 79.9. The predicted molar refractivity (Wildman–Crippen MR) is 79.2 cm³/mol. The van der Waals surface area contributed by atoms with Gasteiger partial charge in [0.1, 0.15) is 0 Å². The Labute approximate surface area is 127 Å². The molecule has 0 aromatic heterocycles. The van der Waals surface area contributed by atoms with Gasteiger partial charge in [0.25, 0.3) is 0 Å². The molecule has 1 heterocycles. The number of carbonyl (C=O) groups is 2. The van der Waals surface area contributed by atoms with Crippen molar-refractivity contribution in [2.45, 2.75) is 19.3 Å². The number of halogens is 1. The van der Waals surface area contributed by atoms with E-state index in [1.807, 2.05) is 24.3 Å². The number of amides is 1. The Balaban J connectivity index is 1.97. The number of rotatable bonds is 3. The highest BCUT2D eigenvalue weighted by molar-refractivity contribution is 9.10. The normalized spacial score (nSPS) is 18.7. The molecule has 108 valence electrons. The zero-order valence-corrected chi connectivity index (χ0v) is 13.1. The summed E-state index contributed by atoms with van der Waals surface area (Å²) < 4.78 is 5.74. The second kappa shape index (κ2) is 6.88. The van der Waals surface area contributed by atoms with Crippen LogP contribution in [-0.4, -0.2) is 37.0 Å². The number of nitrogens with zero attached hydrogens (tertiary/aromatic N) is 1. The van der Waals surface area contributed by atoms with Gasteiger partial charge in [-0.3, -0.25) is 9.59 Å². The van der Waals surface area contributed by atoms with Gasteiger partial charge in [-0.2, -0.15) is 0 Å². The van der Waals surface area contributed by atoms with E-state index in [-0.39, 0.29) is 17.8 Å².